The van der Waals surface area contributed by atoms with Crippen LogP contribution in [0.3, 0.4) is 0 Å². The largest absolute Gasteiger partial charge is 0.344 e. The van der Waals surface area contributed by atoms with Crippen molar-refractivity contribution in [3.05, 3.63) is 123 Å². The fourth-order valence-corrected chi connectivity index (χ4v) is 5.43. The molecule has 11 nitrogen and oxygen atoms in total. The lowest BCUT2D eigenvalue weighted by Crippen LogP contribution is -2.32. The fourth-order valence-electron chi connectivity index (χ4n) is 5.43. The Balaban J connectivity index is 1.47. The normalized spacial score (nSPS) is 12.5. The maximum absolute atomic E-state index is 14.4. The van der Waals surface area contributed by atoms with Crippen molar-refractivity contribution in [2.75, 3.05) is 0 Å². The summed E-state index contributed by atoms with van der Waals surface area (Å²) < 4.78 is 4.61. The third-order valence-corrected chi connectivity index (χ3v) is 7.60. The van der Waals surface area contributed by atoms with Gasteiger partial charge >= 0.3 is 0 Å². The zero-order valence-corrected chi connectivity index (χ0v) is 25.1. The van der Waals surface area contributed by atoms with E-state index >= 15 is 0 Å². The number of para-hydroxylation sites is 1. The minimum absolute atomic E-state index is 0.278. The van der Waals surface area contributed by atoms with Crippen molar-refractivity contribution in [1.82, 2.24) is 34.3 Å². The van der Waals surface area contributed by atoms with Crippen molar-refractivity contribution in [2.24, 2.45) is 12.8 Å². The van der Waals surface area contributed by atoms with Crippen LogP contribution < -0.4 is 16.6 Å². The highest BCUT2D eigenvalue weighted by atomic mass is 16.2. The summed E-state index contributed by atoms with van der Waals surface area (Å²) in [6.45, 7) is 5.20. The number of ketones is 1. The zero-order chi connectivity index (χ0) is 31.8. The quantitative estimate of drug-likeness (QED) is 0.221. The summed E-state index contributed by atoms with van der Waals surface area (Å²) >= 11 is 0. The van der Waals surface area contributed by atoms with E-state index in [1.807, 2.05) is 55.5 Å². The maximum Gasteiger partial charge on any atom is 0.264 e. The van der Waals surface area contributed by atoms with Gasteiger partial charge in [-0.1, -0.05) is 42.2 Å². The van der Waals surface area contributed by atoms with Crippen molar-refractivity contribution >= 4 is 28.1 Å². The Labute approximate surface area is 258 Å². The van der Waals surface area contributed by atoms with Crippen LogP contribution in [0.5, 0.6) is 0 Å². The molecule has 4 aromatic heterocycles. The van der Waals surface area contributed by atoms with Gasteiger partial charge in [0, 0.05) is 36.4 Å². The summed E-state index contributed by atoms with van der Waals surface area (Å²) in [5.74, 6) is 5.50. The van der Waals surface area contributed by atoms with Gasteiger partial charge < -0.3 is 11.1 Å². The van der Waals surface area contributed by atoms with E-state index in [4.69, 9.17) is 5.73 Å². The van der Waals surface area contributed by atoms with Crippen LogP contribution in [0.2, 0.25) is 0 Å². The summed E-state index contributed by atoms with van der Waals surface area (Å²) in [5, 5.41) is 12.7. The lowest BCUT2D eigenvalue weighted by atomic mass is 10.0. The average Bonchev–Trinajstić information content (AvgIpc) is 3.57. The monoisotopic (exact) mass is 598 g/mol. The summed E-state index contributed by atoms with van der Waals surface area (Å²) in [6.07, 6.45) is 4.86. The molecule has 11 heteroatoms. The van der Waals surface area contributed by atoms with Crippen LogP contribution >= 0.6 is 0 Å². The van der Waals surface area contributed by atoms with Crippen molar-refractivity contribution in [3.63, 3.8) is 0 Å². The van der Waals surface area contributed by atoms with Crippen molar-refractivity contribution in [1.29, 1.82) is 0 Å². The van der Waals surface area contributed by atoms with Gasteiger partial charge in [0.15, 0.2) is 11.4 Å². The first kappa shape index (κ1) is 29.2. The third kappa shape index (κ3) is 5.28. The highest BCUT2D eigenvalue weighted by Gasteiger charge is 2.24. The number of nitrogens with two attached hydrogens (primary N) is 1. The summed E-state index contributed by atoms with van der Waals surface area (Å²) in [5.41, 5.74) is 9.34. The molecule has 224 valence electrons. The molecular formula is C34H30N8O3. The number of carbonyl (C=O) groups is 2. The number of fused-ring (bicyclic) bond motifs is 2. The molecule has 0 aliphatic rings. The smallest absolute Gasteiger partial charge is 0.264 e. The van der Waals surface area contributed by atoms with Crippen LogP contribution in [-0.4, -0.2) is 46.7 Å². The Morgan fingerprint density at radius 1 is 1.00 bits per heavy atom. The topological polar surface area (TPSA) is 142 Å². The first-order chi connectivity index (χ1) is 21.7. The first-order valence-corrected chi connectivity index (χ1v) is 14.3. The van der Waals surface area contributed by atoms with Crippen LogP contribution in [0.25, 0.3) is 22.1 Å². The number of aryl methyl sites for hydroxylation is 2. The number of hydrogen-bond donors (Lipinski definition) is 2. The minimum atomic E-state index is -0.717. The molecule has 0 radical (unpaired) electrons. The van der Waals surface area contributed by atoms with E-state index < -0.39 is 12.1 Å². The van der Waals surface area contributed by atoms with Gasteiger partial charge in [0.1, 0.15) is 11.3 Å². The highest BCUT2D eigenvalue weighted by Crippen LogP contribution is 2.24. The number of nitrogens with one attached hydrogen (secondary N) is 1. The average molecular weight is 599 g/mol. The van der Waals surface area contributed by atoms with Crippen LogP contribution in [0, 0.1) is 18.8 Å². The van der Waals surface area contributed by atoms with Gasteiger partial charge in [-0.2, -0.15) is 10.2 Å². The molecular weight excluding hydrogens is 568 g/mol. The molecule has 1 unspecified atom stereocenters. The molecule has 6 aromatic rings. The zero-order valence-electron chi connectivity index (χ0n) is 25.1. The van der Waals surface area contributed by atoms with Crippen molar-refractivity contribution < 1.29 is 9.59 Å². The molecule has 3 N–H and O–H groups in total. The molecule has 0 saturated carbocycles. The van der Waals surface area contributed by atoms with E-state index in [2.05, 4.69) is 32.3 Å². The molecule has 0 aliphatic carbocycles. The van der Waals surface area contributed by atoms with Gasteiger partial charge in [-0.3, -0.25) is 23.6 Å². The molecule has 0 saturated heterocycles. The van der Waals surface area contributed by atoms with Crippen LogP contribution in [0.4, 0.5) is 0 Å². The molecule has 0 spiro atoms. The maximum atomic E-state index is 14.4. The number of carbonyl (C=O) groups excluding carboxylic acids is 2. The molecule has 0 fully saturated rings. The van der Waals surface area contributed by atoms with Gasteiger partial charge in [0.25, 0.3) is 11.5 Å². The summed E-state index contributed by atoms with van der Waals surface area (Å²) in [6, 6.07) is 17.0. The van der Waals surface area contributed by atoms with Gasteiger partial charge in [0.05, 0.1) is 34.9 Å². The van der Waals surface area contributed by atoms with Crippen LogP contribution in [0.15, 0.2) is 84.0 Å². The Morgan fingerprint density at radius 3 is 2.51 bits per heavy atom. The van der Waals surface area contributed by atoms with Crippen LogP contribution in [0.1, 0.15) is 63.3 Å². The lowest BCUT2D eigenvalue weighted by Gasteiger charge is -2.21. The second-order valence-electron chi connectivity index (χ2n) is 10.8. The van der Waals surface area contributed by atoms with E-state index in [-0.39, 0.29) is 17.2 Å². The van der Waals surface area contributed by atoms with Crippen molar-refractivity contribution in [3.8, 4) is 17.5 Å². The molecule has 2 aromatic carbocycles. The van der Waals surface area contributed by atoms with Crippen molar-refractivity contribution in [2.45, 2.75) is 32.9 Å². The Morgan fingerprint density at radius 2 is 1.76 bits per heavy atom. The third-order valence-electron chi connectivity index (χ3n) is 7.60. The Hall–Kier alpha value is -5.86. The molecule has 4 heterocycles. The fraction of sp³-hybridized carbons (Fsp3) is 0.176. The predicted molar refractivity (Wildman–Crippen MR) is 170 cm³/mol. The van der Waals surface area contributed by atoms with Gasteiger partial charge in [-0.25, -0.2) is 9.50 Å². The SMILES string of the molecule is Cc1nn2cccnc2c1C(=O)N[C@H](C)c1cc2cccc(C#Cc3cnn(C)c3C(=O)C(C)N)c2c(=O)n1-c1ccccc1. The number of benzene rings is 2. The number of rotatable bonds is 6. The van der Waals surface area contributed by atoms with Crippen LogP contribution in [-0.2, 0) is 7.05 Å². The number of amides is 1. The first-order valence-electron chi connectivity index (χ1n) is 14.3. The Kier molecular flexibility index (Phi) is 7.58. The minimum Gasteiger partial charge on any atom is -0.344 e. The highest BCUT2D eigenvalue weighted by molar-refractivity contribution is 6.01. The molecule has 6 rings (SSSR count). The molecule has 0 aliphatic heterocycles. The number of Topliss-reactive ketones (excluding diaryl/α,β-unsaturated/α-hetero) is 1. The summed E-state index contributed by atoms with van der Waals surface area (Å²) in [4.78, 5) is 45.0. The van der Waals surface area contributed by atoms with Gasteiger partial charge in [-0.15, -0.1) is 0 Å². The standard InChI is InChI=1S/C34H30N8O3/c1-20(35)31(43)30-25(19-37-40(30)4)15-14-23-10-8-11-24-18-27(42(34(45)29(23)24)26-12-6-5-7-13-26)21(2)38-33(44)28-22(3)39-41-17-9-16-36-32(28)41/h5-13,16-21H,35H2,1-4H3,(H,38,44)/t20?,21-/m1/s1. The second kappa shape index (κ2) is 11.7. The van der Waals surface area contributed by atoms with E-state index in [1.54, 1.807) is 54.5 Å². The Bertz CT molecular complexity index is 2230. The molecule has 2 atom stereocenters. The number of aromatic nitrogens is 6. The van der Waals surface area contributed by atoms with E-state index in [0.29, 0.717) is 55.9 Å². The summed E-state index contributed by atoms with van der Waals surface area (Å²) in [7, 11) is 1.66. The lowest BCUT2D eigenvalue weighted by molar-refractivity contribution is 0.0936. The van der Waals surface area contributed by atoms with Gasteiger partial charge in [0.2, 0.25) is 0 Å². The van der Waals surface area contributed by atoms with E-state index in [1.165, 1.54) is 10.9 Å². The predicted octanol–water partition coefficient (Wildman–Crippen LogP) is 3.50. The number of hydrogen-bond acceptors (Lipinski definition) is 7. The molecule has 45 heavy (non-hydrogen) atoms. The van der Waals surface area contributed by atoms with E-state index in [0.717, 1.165) is 0 Å². The molecule has 1 amide bonds. The van der Waals surface area contributed by atoms with E-state index in [9.17, 15) is 14.4 Å². The number of pyridine rings is 1. The number of nitrogens with zero attached hydrogens (tertiary/aromatic N) is 6. The molecule has 0 bridgehead atoms. The second-order valence-corrected chi connectivity index (χ2v) is 10.8. The van der Waals surface area contributed by atoms with Gasteiger partial charge in [-0.05, 0) is 56.5 Å².